The lowest BCUT2D eigenvalue weighted by molar-refractivity contribution is -0.0665. The van der Waals surface area contributed by atoms with E-state index in [1.165, 1.54) is 16.7 Å². The van der Waals surface area contributed by atoms with Crippen LogP contribution in [0.25, 0.3) is 0 Å². The molecule has 36 heavy (non-hydrogen) atoms. The quantitative estimate of drug-likeness (QED) is 0.531. The van der Waals surface area contributed by atoms with Gasteiger partial charge in [-0.05, 0) is 53.8 Å². The third kappa shape index (κ3) is 5.59. The largest absolute Gasteiger partial charge is 0.484 e. The number of benzene rings is 3. The average Bonchev–Trinajstić information content (AvgIpc) is 3.38. The number of likely N-dealkylation sites (tertiary alicyclic amines) is 1. The van der Waals surface area contributed by atoms with Crippen molar-refractivity contribution in [1.82, 2.24) is 4.90 Å². The van der Waals surface area contributed by atoms with Gasteiger partial charge in [0.2, 0.25) is 0 Å². The fourth-order valence-electron chi connectivity index (χ4n) is 5.16. The number of aliphatic hydroxyl groups is 2. The maximum Gasteiger partial charge on any atom is 0.159 e. The van der Waals surface area contributed by atoms with Crippen LogP contribution in [0.15, 0.2) is 66.7 Å². The summed E-state index contributed by atoms with van der Waals surface area (Å²) in [6.07, 6.45) is 1.64. The topological polar surface area (TPSA) is 62.2 Å². The fraction of sp³-hybridized carbons (Fsp3) is 0.419. The average molecular weight is 492 g/mol. The maximum absolute atomic E-state index is 9.17. The van der Waals surface area contributed by atoms with Crippen molar-refractivity contribution in [2.24, 2.45) is 0 Å². The van der Waals surface area contributed by atoms with E-state index in [0.29, 0.717) is 6.42 Å². The number of nitrogens with zero attached hydrogens (tertiary/aromatic N) is 1. The Morgan fingerprint density at radius 2 is 1.31 bits per heavy atom. The van der Waals surface area contributed by atoms with E-state index >= 15 is 0 Å². The van der Waals surface area contributed by atoms with Crippen LogP contribution < -0.4 is 9.47 Å². The minimum Gasteiger partial charge on any atom is -0.484 e. The van der Waals surface area contributed by atoms with Gasteiger partial charge in [0.05, 0.1) is 13.2 Å². The SMILES string of the molecule is C.C.Cc1ccc2c(c1)OC(CO)(CO)C2.Cc1ccc2c(c1)OC1(C2)CN(Cc2ccccc2)C1. The second-order valence-electron chi connectivity index (χ2n) is 10.1. The first-order valence-corrected chi connectivity index (χ1v) is 12.0. The number of fused-ring (bicyclic) bond motifs is 2. The molecule has 5 heteroatoms. The molecule has 0 unspecified atom stereocenters. The van der Waals surface area contributed by atoms with Gasteiger partial charge in [-0.3, -0.25) is 4.90 Å². The van der Waals surface area contributed by atoms with Crippen molar-refractivity contribution in [3.8, 4) is 11.5 Å². The zero-order valence-electron chi connectivity index (χ0n) is 20.0. The molecule has 2 N–H and O–H groups in total. The summed E-state index contributed by atoms with van der Waals surface area (Å²) in [5, 5.41) is 18.3. The first-order valence-electron chi connectivity index (χ1n) is 12.0. The molecule has 3 heterocycles. The van der Waals surface area contributed by atoms with Gasteiger partial charge in [0.25, 0.3) is 0 Å². The molecular formula is C31H41NO4. The van der Waals surface area contributed by atoms with Crippen molar-refractivity contribution < 1.29 is 19.7 Å². The highest BCUT2D eigenvalue weighted by molar-refractivity contribution is 5.43. The second-order valence-corrected chi connectivity index (χ2v) is 10.1. The van der Waals surface area contributed by atoms with Gasteiger partial charge in [-0.15, -0.1) is 0 Å². The van der Waals surface area contributed by atoms with Gasteiger partial charge in [0, 0.05) is 32.5 Å². The number of rotatable bonds is 4. The van der Waals surface area contributed by atoms with Crippen LogP contribution >= 0.6 is 0 Å². The lowest BCUT2D eigenvalue weighted by atomic mass is 9.88. The summed E-state index contributed by atoms with van der Waals surface area (Å²) in [6.45, 7) is 6.90. The highest BCUT2D eigenvalue weighted by atomic mass is 16.5. The minimum atomic E-state index is -0.809. The van der Waals surface area contributed by atoms with Gasteiger partial charge >= 0.3 is 0 Å². The molecule has 3 aromatic carbocycles. The summed E-state index contributed by atoms with van der Waals surface area (Å²) in [6, 6.07) is 23.2. The summed E-state index contributed by atoms with van der Waals surface area (Å²) in [5.74, 6) is 1.89. The molecule has 0 amide bonds. The summed E-state index contributed by atoms with van der Waals surface area (Å²) in [7, 11) is 0. The van der Waals surface area contributed by atoms with Crippen LogP contribution in [0.4, 0.5) is 0 Å². The van der Waals surface area contributed by atoms with E-state index in [1.54, 1.807) is 0 Å². The van der Waals surface area contributed by atoms with E-state index in [2.05, 4.69) is 60.4 Å². The monoisotopic (exact) mass is 491 g/mol. The van der Waals surface area contributed by atoms with Crippen molar-refractivity contribution in [2.75, 3.05) is 26.3 Å². The molecule has 0 aromatic heterocycles. The van der Waals surface area contributed by atoms with Crippen LogP contribution in [-0.4, -0.2) is 52.6 Å². The Labute approximate surface area is 216 Å². The van der Waals surface area contributed by atoms with E-state index in [4.69, 9.17) is 9.47 Å². The summed E-state index contributed by atoms with van der Waals surface area (Å²) >= 11 is 0. The van der Waals surface area contributed by atoms with Crippen molar-refractivity contribution in [1.29, 1.82) is 0 Å². The van der Waals surface area contributed by atoms with Crippen LogP contribution in [0.1, 0.15) is 42.7 Å². The molecule has 0 bridgehead atoms. The van der Waals surface area contributed by atoms with Gasteiger partial charge in [-0.2, -0.15) is 0 Å². The Hall–Kier alpha value is -2.86. The lowest BCUT2D eigenvalue weighted by Crippen LogP contribution is -2.63. The van der Waals surface area contributed by atoms with E-state index in [1.807, 2.05) is 25.1 Å². The zero-order valence-corrected chi connectivity index (χ0v) is 20.0. The molecule has 1 spiro atoms. The first kappa shape index (κ1) is 27.7. The molecule has 3 aliphatic rings. The molecule has 194 valence electrons. The van der Waals surface area contributed by atoms with E-state index in [0.717, 1.165) is 48.7 Å². The molecule has 5 nitrogen and oxygen atoms in total. The predicted molar refractivity (Wildman–Crippen MR) is 146 cm³/mol. The molecule has 0 aliphatic carbocycles. The number of hydrogen-bond donors (Lipinski definition) is 2. The normalized spacial score (nSPS) is 17.7. The van der Waals surface area contributed by atoms with Crippen LogP contribution in [0.2, 0.25) is 0 Å². The summed E-state index contributed by atoms with van der Waals surface area (Å²) in [4.78, 5) is 2.47. The molecular weight excluding hydrogens is 450 g/mol. The third-order valence-electron chi connectivity index (χ3n) is 6.97. The van der Waals surface area contributed by atoms with E-state index < -0.39 is 5.60 Å². The van der Waals surface area contributed by atoms with Crippen molar-refractivity contribution >= 4 is 0 Å². The van der Waals surface area contributed by atoms with E-state index in [9.17, 15) is 10.2 Å². The van der Waals surface area contributed by atoms with Crippen LogP contribution in [-0.2, 0) is 19.4 Å². The second kappa shape index (κ2) is 11.0. The summed E-state index contributed by atoms with van der Waals surface area (Å²) in [5.41, 5.74) is 5.44. The molecule has 0 atom stereocenters. The molecule has 3 aromatic rings. The standard InChI is InChI=1S/C18H19NO.C11H14O3.2CH4/c1-14-7-8-16-10-18(20-17(16)9-14)12-19(13-18)11-15-5-3-2-4-6-15;1-8-2-3-9-5-11(6-12,7-13)14-10(9)4-8;;/h2-9H,10-13H2,1H3;2-4,12-13H,5-7H2,1H3;2*1H4. The van der Waals surface area contributed by atoms with Gasteiger partial charge in [0.1, 0.15) is 17.1 Å². The third-order valence-corrected chi connectivity index (χ3v) is 6.97. The Bertz CT molecular complexity index is 1150. The molecule has 3 aliphatic heterocycles. The number of aryl methyl sites for hydroxylation is 2. The van der Waals surface area contributed by atoms with Gasteiger partial charge in [-0.1, -0.05) is 69.5 Å². The Balaban J connectivity index is 0.000000201. The van der Waals surface area contributed by atoms with Crippen molar-refractivity contribution in [3.63, 3.8) is 0 Å². The zero-order chi connectivity index (χ0) is 23.8. The highest BCUT2D eigenvalue weighted by Crippen LogP contribution is 2.41. The van der Waals surface area contributed by atoms with E-state index in [-0.39, 0.29) is 33.7 Å². The minimum absolute atomic E-state index is 0. The number of aliphatic hydroxyl groups excluding tert-OH is 2. The predicted octanol–water partition coefficient (Wildman–Crippen LogP) is 5.11. The lowest BCUT2D eigenvalue weighted by Gasteiger charge is -2.47. The van der Waals surface area contributed by atoms with Crippen molar-refractivity contribution in [2.45, 2.75) is 59.3 Å². The molecule has 0 radical (unpaired) electrons. The number of hydrogen-bond acceptors (Lipinski definition) is 5. The summed E-state index contributed by atoms with van der Waals surface area (Å²) < 4.78 is 11.8. The number of ether oxygens (including phenoxy) is 2. The van der Waals surface area contributed by atoms with Gasteiger partial charge < -0.3 is 19.7 Å². The fourth-order valence-corrected chi connectivity index (χ4v) is 5.16. The smallest absolute Gasteiger partial charge is 0.159 e. The van der Waals surface area contributed by atoms with Gasteiger partial charge in [-0.25, -0.2) is 0 Å². The molecule has 1 saturated heterocycles. The Morgan fingerprint density at radius 1 is 0.750 bits per heavy atom. The van der Waals surface area contributed by atoms with Crippen LogP contribution in [0, 0.1) is 13.8 Å². The maximum atomic E-state index is 9.17. The van der Waals surface area contributed by atoms with Crippen molar-refractivity contribution in [3.05, 3.63) is 94.5 Å². The Morgan fingerprint density at radius 3 is 1.89 bits per heavy atom. The highest BCUT2D eigenvalue weighted by Gasteiger charge is 2.49. The molecule has 1 fully saturated rings. The van der Waals surface area contributed by atoms with Crippen LogP contribution in [0.3, 0.4) is 0 Å². The molecule has 0 saturated carbocycles. The van der Waals surface area contributed by atoms with Crippen LogP contribution in [0.5, 0.6) is 11.5 Å². The van der Waals surface area contributed by atoms with Gasteiger partial charge in [0.15, 0.2) is 5.60 Å². The first-order chi connectivity index (χ1) is 16.4. The Kier molecular flexibility index (Phi) is 8.50. The molecule has 6 rings (SSSR count).